The molecule has 4 rings (SSSR count). The topological polar surface area (TPSA) is 66.8 Å². The van der Waals surface area contributed by atoms with Gasteiger partial charge in [-0.3, -0.25) is 14.5 Å². The Hall–Kier alpha value is -3.58. The number of benzene rings is 2. The molecule has 3 aromatic rings. The molecule has 178 valence electrons. The molecule has 0 bridgehead atoms. The minimum Gasteiger partial charge on any atom is -0.491 e. The zero-order valence-electron chi connectivity index (χ0n) is 20.1. The molecule has 0 saturated carbocycles. The number of carbonyl (C=O) groups excluding carboxylic acids is 1. The first-order chi connectivity index (χ1) is 16.4. The summed E-state index contributed by atoms with van der Waals surface area (Å²) in [7, 11) is 1.47. The quantitative estimate of drug-likeness (QED) is 0.585. The van der Waals surface area contributed by atoms with Crippen LogP contribution in [0.5, 0.6) is 5.75 Å². The number of hydrogen-bond acceptors (Lipinski definition) is 5. The lowest BCUT2D eigenvalue weighted by molar-refractivity contribution is -0.116. The number of nitrogens with zero attached hydrogens (tertiary/aromatic N) is 3. The molecule has 1 N–H and O–H groups in total. The van der Waals surface area contributed by atoms with Gasteiger partial charge in [0, 0.05) is 55.9 Å². The third kappa shape index (κ3) is 5.48. The summed E-state index contributed by atoms with van der Waals surface area (Å²) >= 11 is 0. The van der Waals surface area contributed by atoms with Crippen molar-refractivity contribution in [1.82, 2.24) is 9.47 Å². The van der Waals surface area contributed by atoms with Crippen molar-refractivity contribution < 1.29 is 9.53 Å². The van der Waals surface area contributed by atoms with Crippen LogP contribution in [0.3, 0.4) is 0 Å². The van der Waals surface area contributed by atoms with Crippen molar-refractivity contribution in [2.75, 3.05) is 43.5 Å². The van der Waals surface area contributed by atoms with E-state index >= 15 is 0 Å². The van der Waals surface area contributed by atoms with Crippen molar-refractivity contribution in [3.63, 3.8) is 0 Å². The van der Waals surface area contributed by atoms with E-state index in [1.54, 1.807) is 12.3 Å². The van der Waals surface area contributed by atoms with Gasteiger partial charge in [-0.1, -0.05) is 30.3 Å². The second-order valence-corrected chi connectivity index (χ2v) is 8.72. The van der Waals surface area contributed by atoms with Crippen LogP contribution in [0.15, 0.2) is 65.6 Å². The molecule has 1 fully saturated rings. The molecule has 34 heavy (non-hydrogen) atoms. The first-order valence-corrected chi connectivity index (χ1v) is 11.6. The van der Waals surface area contributed by atoms with Crippen LogP contribution in [-0.4, -0.2) is 48.7 Å². The molecule has 1 aliphatic heterocycles. The van der Waals surface area contributed by atoms with Gasteiger partial charge >= 0.3 is 0 Å². The summed E-state index contributed by atoms with van der Waals surface area (Å²) < 4.78 is 7.07. The van der Waals surface area contributed by atoms with E-state index in [-0.39, 0.29) is 23.6 Å². The molecular weight excluding hydrogens is 428 g/mol. The van der Waals surface area contributed by atoms with Crippen molar-refractivity contribution in [3.8, 4) is 5.75 Å². The molecule has 1 aromatic heterocycles. The number of methoxy groups -OCH3 is 1. The average molecular weight is 461 g/mol. The lowest BCUT2D eigenvalue weighted by Crippen LogP contribution is -2.46. The van der Waals surface area contributed by atoms with Crippen molar-refractivity contribution >= 4 is 17.3 Å². The first-order valence-electron chi connectivity index (χ1n) is 11.6. The molecule has 0 aliphatic carbocycles. The minimum atomic E-state index is -0.174. The number of aryl methyl sites for hydroxylation is 1. The van der Waals surface area contributed by atoms with Crippen LogP contribution in [0.25, 0.3) is 0 Å². The van der Waals surface area contributed by atoms with Gasteiger partial charge in [-0.15, -0.1) is 0 Å². The summed E-state index contributed by atoms with van der Waals surface area (Å²) in [6, 6.07) is 17.8. The maximum atomic E-state index is 12.9. The van der Waals surface area contributed by atoms with Gasteiger partial charge in [0.05, 0.1) is 13.3 Å². The number of piperazine rings is 1. The molecule has 0 radical (unpaired) electrons. The number of para-hydroxylation sites is 1. The predicted molar refractivity (Wildman–Crippen MR) is 136 cm³/mol. The predicted octanol–water partition coefficient (Wildman–Crippen LogP) is 3.43. The van der Waals surface area contributed by atoms with E-state index in [2.05, 4.69) is 39.4 Å². The second kappa shape index (κ2) is 10.6. The standard InChI is InChI=1S/C27H32N4O3/c1-20-8-7-11-24(21(20)2)28-27(33)19-31-18-26(34-3)25(32)16-23(31)17-29-12-14-30(15-13-29)22-9-5-4-6-10-22/h4-11,16,18H,12-15,17,19H2,1-3H3,(H,28,33). The third-order valence-corrected chi connectivity index (χ3v) is 6.47. The summed E-state index contributed by atoms with van der Waals surface area (Å²) in [5.41, 5.74) is 4.83. The van der Waals surface area contributed by atoms with Gasteiger partial charge in [0.25, 0.3) is 0 Å². The Bertz CT molecular complexity index is 1200. The fourth-order valence-corrected chi connectivity index (χ4v) is 4.29. The van der Waals surface area contributed by atoms with Crippen LogP contribution >= 0.6 is 0 Å². The monoisotopic (exact) mass is 460 g/mol. The number of amides is 1. The Morgan fingerprint density at radius 2 is 1.74 bits per heavy atom. The number of pyridine rings is 1. The normalized spacial score (nSPS) is 14.1. The summed E-state index contributed by atoms with van der Waals surface area (Å²) in [5, 5.41) is 3.01. The molecule has 0 spiro atoms. The highest BCUT2D eigenvalue weighted by Crippen LogP contribution is 2.19. The summed E-state index contributed by atoms with van der Waals surface area (Å²) in [6.07, 6.45) is 1.64. The van der Waals surface area contributed by atoms with Crippen LogP contribution in [0.1, 0.15) is 16.8 Å². The van der Waals surface area contributed by atoms with Crippen molar-refractivity contribution in [2.45, 2.75) is 26.9 Å². The highest BCUT2D eigenvalue weighted by atomic mass is 16.5. The van der Waals surface area contributed by atoms with Gasteiger partial charge in [0.15, 0.2) is 5.75 Å². The molecule has 2 aromatic carbocycles. The molecule has 7 heteroatoms. The van der Waals surface area contributed by atoms with E-state index in [0.717, 1.165) is 48.7 Å². The number of ether oxygens (including phenoxy) is 1. The van der Waals surface area contributed by atoms with Gasteiger partial charge in [-0.05, 0) is 43.2 Å². The fraction of sp³-hybridized carbons (Fsp3) is 0.333. The number of hydrogen-bond donors (Lipinski definition) is 1. The molecule has 7 nitrogen and oxygen atoms in total. The minimum absolute atomic E-state index is 0.101. The SMILES string of the molecule is COc1cn(CC(=O)Nc2cccc(C)c2C)c(CN2CCN(c3ccccc3)CC2)cc1=O. The van der Waals surface area contributed by atoms with Crippen LogP contribution < -0.4 is 20.4 Å². The first kappa shape index (κ1) is 23.6. The lowest BCUT2D eigenvalue weighted by atomic mass is 10.1. The number of anilines is 2. The smallest absolute Gasteiger partial charge is 0.244 e. The Morgan fingerprint density at radius 1 is 1.00 bits per heavy atom. The molecular formula is C27H32N4O3. The Morgan fingerprint density at radius 3 is 2.44 bits per heavy atom. The summed E-state index contributed by atoms with van der Waals surface area (Å²) in [5.74, 6) is 0.0896. The number of aromatic nitrogens is 1. The van der Waals surface area contributed by atoms with Crippen LogP contribution in [0.4, 0.5) is 11.4 Å². The molecule has 1 aliphatic rings. The van der Waals surface area contributed by atoms with Crippen LogP contribution in [-0.2, 0) is 17.9 Å². The molecule has 1 amide bonds. The van der Waals surface area contributed by atoms with Crippen LogP contribution in [0.2, 0.25) is 0 Å². The highest BCUT2D eigenvalue weighted by molar-refractivity contribution is 5.91. The summed E-state index contributed by atoms with van der Waals surface area (Å²) in [6.45, 7) is 8.30. The average Bonchev–Trinajstić information content (AvgIpc) is 2.84. The second-order valence-electron chi connectivity index (χ2n) is 8.72. The van der Waals surface area contributed by atoms with E-state index in [1.807, 2.05) is 42.7 Å². The maximum Gasteiger partial charge on any atom is 0.244 e. The molecule has 0 atom stereocenters. The number of nitrogens with one attached hydrogen (secondary N) is 1. The maximum absolute atomic E-state index is 12.9. The van der Waals surface area contributed by atoms with Gasteiger partial charge in [0.1, 0.15) is 6.54 Å². The largest absolute Gasteiger partial charge is 0.491 e. The van der Waals surface area contributed by atoms with Crippen molar-refractivity contribution in [1.29, 1.82) is 0 Å². The number of rotatable bonds is 7. The Kier molecular flexibility index (Phi) is 7.33. The zero-order valence-corrected chi connectivity index (χ0v) is 20.1. The fourth-order valence-electron chi connectivity index (χ4n) is 4.29. The zero-order chi connectivity index (χ0) is 24.1. The van der Waals surface area contributed by atoms with Gasteiger partial charge < -0.3 is 19.5 Å². The molecule has 0 unspecified atom stereocenters. The van der Waals surface area contributed by atoms with Crippen LogP contribution in [0, 0.1) is 13.8 Å². The molecule has 1 saturated heterocycles. The van der Waals surface area contributed by atoms with Gasteiger partial charge in [0.2, 0.25) is 11.3 Å². The highest BCUT2D eigenvalue weighted by Gasteiger charge is 2.20. The van der Waals surface area contributed by atoms with Gasteiger partial charge in [-0.25, -0.2) is 0 Å². The van der Waals surface area contributed by atoms with E-state index < -0.39 is 0 Å². The Balaban J connectivity index is 1.47. The number of carbonyl (C=O) groups is 1. The van der Waals surface area contributed by atoms with E-state index in [1.165, 1.54) is 12.8 Å². The van der Waals surface area contributed by atoms with E-state index in [4.69, 9.17) is 4.74 Å². The summed E-state index contributed by atoms with van der Waals surface area (Å²) in [4.78, 5) is 30.1. The van der Waals surface area contributed by atoms with E-state index in [0.29, 0.717) is 6.54 Å². The molecule has 2 heterocycles. The third-order valence-electron chi connectivity index (χ3n) is 6.47. The van der Waals surface area contributed by atoms with Crippen molar-refractivity contribution in [2.24, 2.45) is 0 Å². The van der Waals surface area contributed by atoms with Crippen molar-refractivity contribution in [3.05, 3.63) is 87.8 Å². The van der Waals surface area contributed by atoms with E-state index in [9.17, 15) is 9.59 Å². The lowest BCUT2D eigenvalue weighted by Gasteiger charge is -2.36. The Labute approximate surface area is 200 Å². The van der Waals surface area contributed by atoms with Gasteiger partial charge in [-0.2, -0.15) is 0 Å².